The Labute approximate surface area is 201 Å². The van der Waals surface area contributed by atoms with E-state index < -0.39 is 6.03 Å². The molecule has 34 heavy (non-hydrogen) atoms. The summed E-state index contributed by atoms with van der Waals surface area (Å²) in [6.07, 6.45) is 1.68. The maximum absolute atomic E-state index is 12.5. The number of carbonyl (C=O) groups excluding carboxylic acids is 1. The lowest BCUT2D eigenvalue weighted by Crippen LogP contribution is -2.34. The van der Waals surface area contributed by atoms with Crippen LogP contribution in [0.1, 0.15) is 13.8 Å². The molecule has 3 aromatic heterocycles. The summed E-state index contributed by atoms with van der Waals surface area (Å²) in [7, 11) is 3.43. The molecule has 1 aromatic carbocycles. The van der Waals surface area contributed by atoms with E-state index in [1.807, 2.05) is 44.2 Å². The molecule has 0 bridgehead atoms. The zero-order valence-corrected chi connectivity index (χ0v) is 19.8. The van der Waals surface area contributed by atoms with Crippen molar-refractivity contribution in [3.63, 3.8) is 0 Å². The standard InChI is InChI=1S/C23H24ClN7O3/c1-13(2)34-21-10-15(9-19(24)27-21)26-23(32)30-29-20-11-17(14-5-7-16(33-4)8-6-14)18-12-25-31(3)22(18)28-20/h5-13H,1-4H3,(H,28,29)(H2,26,27,30,32). The van der Waals surface area contributed by atoms with E-state index in [2.05, 4.69) is 31.2 Å². The molecule has 0 saturated heterocycles. The minimum Gasteiger partial charge on any atom is -0.497 e. The van der Waals surface area contributed by atoms with Crippen molar-refractivity contribution in [2.24, 2.45) is 7.05 Å². The van der Waals surface area contributed by atoms with Gasteiger partial charge in [-0.3, -0.25) is 15.5 Å². The van der Waals surface area contributed by atoms with Gasteiger partial charge < -0.3 is 14.8 Å². The van der Waals surface area contributed by atoms with Crippen LogP contribution in [0.25, 0.3) is 22.2 Å². The Morgan fingerprint density at radius 2 is 1.88 bits per heavy atom. The second-order valence-corrected chi connectivity index (χ2v) is 8.06. The smallest absolute Gasteiger partial charge is 0.337 e. The molecule has 3 N–H and O–H groups in total. The third kappa shape index (κ3) is 5.29. The number of nitrogens with zero attached hydrogens (tertiary/aromatic N) is 4. The molecule has 3 heterocycles. The topological polar surface area (TPSA) is 115 Å². The molecule has 0 aliphatic heterocycles. The number of methoxy groups -OCH3 is 1. The second kappa shape index (κ2) is 9.84. The molecular weight excluding hydrogens is 458 g/mol. The van der Waals surface area contributed by atoms with Crippen LogP contribution in [0.3, 0.4) is 0 Å². The zero-order valence-electron chi connectivity index (χ0n) is 19.1. The van der Waals surface area contributed by atoms with Gasteiger partial charge in [0, 0.05) is 18.5 Å². The minimum absolute atomic E-state index is 0.0813. The summed E-state index contributed by atoms with van der Waals surface area (Å²) in [5.74, 6) is 1.52. The number of carbonyl (C=O) groups is 1. The predicted octanol–water partition coefficient (Wildman–Crippen LogP) is 4.63. The van der Waals surface area contributed by atoms with Crippen LogP contribution < -0.4 is 25.6 Å². The van der Waals surface area contributed by atoms with Crippen LogP contribution in [-0.2, 0) is 7.05 Å². The number of halogens is 1. The number of urea groups is 1. The van der Waals surface area contributed by atoms with E-state index >= 15 is 0 Å². The molecule has 2 amide bonds. The molecule has 176 valence electrons. The van der Waals surface area contributed by atoms with Gasteiger partial charge in [0.05, 0.1) is 25.1 Å². The van der Waals surface area contributed by atoms with Crippen molar-refractivity contribution in [1.82, 2.24) is 25.2 Å². The fourth-order valence-electron chi connectivity index (χ4n) is 3.32. The summed E-state index contributed by atoms with van der Waals surface area (Å²) in [6.45, 7) is 3.75. The van der Waals surface area contributed by atoms with Crippen LogP contribution in [0.2, 0.25) is 5.15 Å². The van der Waals surface area contributed by atoms with Gasteiger partial charge in [-0.25, -0.2) is 14.8 Å². The molecule has 4 rings (SSSR count). The van der Waals surface area contributed by atoms with Gasteiger partial charge in [-0.15, -0.1) is 0 Å². The van der Waals surface area contributed by atoms with Gasteiger partial charge in [0.15, 0.2) is 5.65 Å². The Balaban J connectivity index is 1.53. The fourth-order valence-corrected chi connectivity index (χ4v) is 3.52. The Morgan fingerprint density at radius 3 is 2.59 bits per heavy atom. The van der Waals surface area contributed by atoms with E-state index in [1.165, 1.54) is 6.07 Å². The highest BCUT2D eigenvalue weighted by Gasteiger charge is 2.13. The second-order valence-electron chi connectivity index (χ2n) is 7.68. The molecule has 0 aliphatic rings. The van der Waals surface area contributed by atoms with Gasteiger partial charge >= 0.3 is 6.03 Å². The number of aryl methyl sites for hydroxylation is 1. The zero-order chi connectivity index (χ0) is 24.2. The van der Waals surface area contributed by atoms with Crippen LogP contribution in [0.4, 0.5) is 16.3 Å². The minimum atomic E-state index is -0.518. The Bertz CT molecular complexity index is 1320. The van der Waals surface area contributed by atoms with Gasteiger partial charge in [-0.2, -0.15) is 5.10 Å². The van der Waals surface area contributed by atoms with Crippen molar-refractivity contribution in [2.75, 3.05) is 17.9 Å². The highest BCUT2D eigenvalue weighted by Crippen LogP contribution is 2.31. The lowest BCUT2D eigenvalue weighted by molar-refractivity contribution is 0.233. The molecule has 11 heteroatoms. The van der Waals surface area contributed by atoms with Crippen molar-refractivity contribution in [3.05, 3.63) is 53.8 Å². The number of nitrogens with one attached hydrogen (secondary N) is 3. The van der Waals surface area contributed by atoms with Crippen LogP contribution in [0.5, 0.6) is 11.6 Å². The SMILES string of the molecule is COc1ccc(-c2cc(NNC(=O)Nc3cc(Cl)nc(OC(C)C)c3)nc3c2cnn3C)cc1. The molecular formula is C23H24ClN7O3. The van der Waals surface area contributed by atoms with E-state index in [0.29, 0.717) is 23.0 Å². The van der Waals surface area contributed by atoms with Crippen molar-refractivity contribution >= 4 is 40.2 Å². The lowest BCUT2D eigenvalue weighted by atomic mass is 10.0. The Kier molecular flexibility index (Phi) is 6.69. The maximum Gasteiger partial charge on any atom is 0.337 e. The summed E-state index contributed by atoms with van der Waals surface area (Å²) in [6, 6.07) is 12.1. The average Bonchev–Trinajstić information content (AvgIpc) is 3.17. The maximum atomic E-state index is 12.5. The number of pyridine rings is 2. The number of aromatic nitrogens is 4. The van der Waals surface area contributed by atoms with Gasteiger partial charge in [0.1, 0.15) is 16.7 Å². The van der Waals surface area contributed by atoms with E-state index in [1.54, 1.807) is 31.1 Å². The highest BCUT2D eigenvalue weighted by molar-refractivity contribution is 6.29. The Hall–Kier alpha value is -4.05. The Morgan fingerprint density at radius 1 is 1.12 bits per heavy atom. The summed E-state index contributed by atoms with van der Waals surface area (Å²) >= 11 is 6.04. The quantitative estimate of drug-likeness (QED) is 0.260. The monoisotopic (exact) mass is 481 g/mol. The van der Waals surface area contributed by atoms with E-state index in [0.717, 1.165) is 22.3 Å². The predicted molar refractivity (Wildman–Crippen MR) is 131 cm³/mol. The number of ether oxygens (including phenoxy) is 2. The number of hydrazine groups is 1. The first-order valence-electron chi connectivity index (χ1n) is 10.5. The molecule has 4 aromatic rings. The van der Waals surface area contributed by atoms with Crippen molar-refractivity contribution in [1.29, 1.82) is 0 Å². The van der Waals surface area contributed by atoms with E-state index in [4.69, 9.17) is 21.1 Å². The van der Waals surface area contributed by atoms with Gasteiger partial charge in [-0.1, -0.05) is 23.7 Å². The summed E-state index contributed by atoms with van der Waals surface area (Å²) in [5.41, 5.74) is 8.39. The molecule has 0 radical (unpaired) electrons. The van der Waals surface area contributed by atoms with Crippen LogP contribution in [0.15, 0.2) is 48.7 Å². The largest absolute Gasteiger partial charge is 0.497 e. The van der Waals surface area contributed by atoms with Gasteiger partial charge in [0.25, 0.3) is 0 Å². The summed E-state index contributed by atoms with van der Waals surface area (Å²) in [5, 5.41) is 8.09. The number of hydrogen-bond acceptors (Lipinski definition) is 7. The number of hydrogen-bond donors (Lipinski definition) is 3. The van der Waals surface area contributed by atoms with Crippen molar-refractivity contribution in [3.8, 4) is 22.8 Å². The molecule has 0 unspecified atom stereocenters. The van der Waals surface area contributed by atoms with E-state index in [-0.39, 0.29) is 11.3 Å². The molecule has 0 saturated carbocycles. The molecule has 10 nitrogen and oxygen atoms in total. The number of anilines is 2. The third-order valence-corrected chi connectivity index (χ3v) is 4.99. The van der Waals surface area contributed by atoms with Crippen LogP contribution >= 0.6 is 11.6 Å². The van der Waals surface area contributed by atoms with E-state index in [9.17, 15) is 4.79 Å². The first kappa shape index (κ1) is 23.1. The van der Waals surface area contributed by atoms with Crippen LogP contribution in [-0.4, -0.2) is 39.0 Å². The summed E-state index contributed by atoms with van der Waals surface area (Å²) in [4.78, 5) is 21.1. The first-order valence-corrected chi connectivity index (χ1v) is 10.8. The molecule has 0 atom stereocenters. The molecule has 0 fully saturated rings. The van der Waals surface area contributed by atoms with Crippen molar-refractivity contribution in [2.45, 2.75) is 20.0 Å². The van der Waals surface area contributed by atoms with Crippen LogP contribution in [0, 0.1) is 0 Å². The fraction of sp³-hybridized carbons (Fsp3) is 0.217. The van der Waals surface area contributed by atoms with Crippen molar-refractivity contribution < 1.29 is 14.3 Å². The third-order valence-electron chi connectivity index (χ3n) is 4.80. The number of amides is 2. The first-order chi connectivity index (χ1) is 16.3. The average molecular weight is 482 g/mol. The number of benzene rings is 1. The van der Waals surface area contributed by atoms with Gasteiger partial charge in [-0.05, 0) is 49.2 Å². The highest BCUT2D eigenvalue weighted by atomic mass is 35.5. The number of fused-ring (bicyclic) bond motifs is 1. The van der Waals surface area contributed by atoms with Gasteiger partial charge in [0.2, 0.25) is 5.88 Å². The normalized spacial score (nSPS) is 10.9. The summed E-state index contributed by atoms with van der Waals surface area (Å²) < 4.78 is 12.5. The number of rotatable bonds is 7. The molecule has 0 aliphatic carbocycles. The lowest BCUT2D eigenvalue weighted by Gasteiger charge is -2.13. The molecule has 0 spiro atoms.